The van der Waals surface area contributed by atoms with Crippen molar-refractivity contribution in [2.24, 2.45) is 0 Å². The van der Waals surface area contributed by atoms with Crippen molar-refractivity contribution >= 4 is 33.2 Å². The van der Waals surface area contributed by atoms with Crippen molar-refractivity contribution in [1.82, 2.24) is 9.97 Å². The number of nitrogens with zero attached hydrogens (tertiary/aromatic N) is 2. The van der Waals surface area contributed by atoms with Gasteiger partial charge in [0.25, 0.3) is 10.0 Å². The molecule has 0 atom stereocenters. The van der Waals surface area contributed by atoms with E-state index in [1.54, 1.807) is 0 Å². The van der Waals surface area contributed by atoms with Gasteiger partial charge in [0.15, 0.2) is 5.78 Å². The van der Waals surface area contributed by atoms with Gasteiger partial charge in [-0.1, -0.05) is 12.1 Å². The fourth-order valence-corrected chi connectivity index (χ4v) is 2.61. The second kappa shape index (κ2) is 5.56. The third-order valence-corrected chi connectivity index (χ3v) is 3.99. The van der Waals surface area contributed by atoms with Gasteiger partial charge in [-0.05, 0) is 36.7 Å². The summed E-state index contributed by atoms with van der Waals surface area (Å²) in [5.41, 5.74) is 0.439. The zero-order valence-electron chi connectivity index (χ0n) is 10.4. The highest BCUT2D eigenvalue weighted by Crippen LogP contribution is 2.16. The zero-order chi connectivity index (χ0) is 14.8. The van der Waals surface area contributed by atoms with Crippen LogP contribution in [-0.4, -0.2) is 24.2 Å². The van der Waals surface area contributed by atoms with Crippen LogP contribution in [0.25, 0.3) is 0 Å². The number of aromatic nitrogens is 2. The molecule has 0 amide bonds. The summed E-state index contributed by atoms with van der Waals surface area (Å²) in [6.45, 7) is 1.41. The van der Waals surface area contributed by atoms with Crippen molar-refractivity contribution in [3.05, 3.63) is 47.4 Å². The van der Waals surface area contributed by atoms with Crippen LogP contribution < -0.4 is 4.72 Å². The lowest BCUT2D eigenvalue weighted by Crippen LogP contribution is -2.14. The Morgan fingerprint density at radius 2 is 1.85 bits per heavy atom. The van der Waals surface area contributed by atoms with Gasteiger partial charge in [0.05, 0.1) is 4.90 Å². The summed E-state index contributed by atoms with van der Waals surface area (Å²) in [5.74, 6) is -0.0647. The van der Waals surface area contributed by atoms with E-state index in [0.717, 1.165) is 0 Å². The van der Waals surface area contributed by atoms with E-state index >= 15 is 0 Å². The van der Waals surface area contributed by atoms with Gasteiger partial charge in [-0.15, -0.1) is 0 Å². The van der Waals surface area contributed by atoms with E-state index in [1.165, 1.54) is 43.5 Å². The van der Waals surface area contributed by atoms with Crippen molar-refractivity contribution < 1.29 is 13.2 Å². The van der Waals surface area contributed by atoms with Gasteiger partial charge in [0.1, 0.15) is 5.82 Å². The van der Waals surface area contributed by atoms with E-state index in [0.29, 0.717) is 5.56 Å². The molecule has 0 unspecified atom stereocenters. The summed E-state index contributed by atoms with van der Waals surface area (Å²) in [6, 6.07) is 6.98. The van der Waals surface area contributed by atoms with Crippen molar-refractivity contribution in [1.29, 1.82) is 0 Å². The first-order chi connectivity index (χ1) is 9.38. The summed E-state index contributed by atoms with van der Waals surface area (Å²) in [6.07, 6.45) is 1.34. The number of anilines is 1. The minimum atomic E-state index is -3.78. The molecule has 1 N–H and O–H groups in total. The molecule has 1 aromatic heterocycles. The molecule has 0 fully saturated rings. The number of rotatable bonds is 4. The van der Waals surface area contributed by atoms with Crippen LogP contribution in [0, 0.1) is 0 Å². The average molecular weight is 312 g/mol. The molecular weight excluding hydrogens is 302 g/mol. The van der Waals surface area contributed by atoms with Crippen LogP contribution in [0.5, 0.6) is 0 Å². The lowest BCUT2D eigenvalue weighted by Gasteiger charge is -2.07. The molecule has 2 rings (SSSR count). The van der Waals surface area contributed by atoms with Crippen LogP contribution >= 0.6 is 11.6 Å². The molecule has 20 heavy (non-hydrogen) atoms. The molecule has 0 bridgehead atoms. The van der Waals surface area contributed by atoms with Gasteiger partial charge in [-0.2, -0.15) is 4.98 Å². The summed E-state index contributed by atoms with van der Waals surface area (Å²) in [7, 11) is -3.78. The highest BCUT2D eigenvalue weighted by molar-refractivity contribution is 7.92. The van der Waals surface area contributed by atoms with Crippen molar-refractivity contribution in [2.75, 3.05) is 4.72 Å². The molecule has 0 saturated heterocycles. The van der Waals surface area contributed by atoms with Gasteiger partial charge in [0.2, 0.25) is 5.28 Å². The maximum atomic E-state index is 12.1. The molecular formula is C12H10ClN3O3S. The lowest BCUT2D eigenvalue weighted by molar-refractivity contribution is 0.101. The Balaban J connectivity index is 2.28. The first-order valence-electron chi connectivity index (χ1n) is 5.51. The average Bonchev–Trinajstić information content (AvgIpc) is 2.38. The molecule has 6 nitrogen and oxygen atoms in total. The number of carbonyl (C=O) groups is 1. The Morgan fingerprint density at radius 1 is 1.20 bits per heavy atom. The monoisotopic (exact) mass is 311 g/mol. The summed E-state index contributed by atoms with van der Waals surface area (Å²) < 4.78 is 26.5. The van der Waals surface area contributed by atoms with E-state index in [1.807, 2.05) is 0 Å². The van der Waals surface area contributed by atoms with E-state index in [-0.39, 0.29) is 21.8 Å². The molecule has 104 valence electrons. The largest absolute Gasteiger partial charge is 0.295 e. The topological polar surface area (TPSA) is 89.0 Å². The highest BCUT2D eigenvalue weighted by atomic mass is 35.5. The Labute approximate surface area is 120 Å². The quantitative estimate of drug-likeness (QED) is 0.690. The SMILES string of the molecule is CC(=O)c1ccc(S(=O)(=O)Nc2ccnc(Cl)n2)cc1. The van der Waals surface area contributed by atoms with Gasteiger partial charge >= 0.3 is 0 Å². The maximum Gasteiger partial charge on any atom is 0.263 e. The highest BCUT2D eigenvalue weighted by Gasteiger charge is 2.15. The fraction of sp³-hybridized carbons (Fsp3) is 0.0833. The number of Topliss-reactive ketones (excluding diaryl/α,β-unsaturated/α-hetero) is 1. The minimum absolute atomic E-state index is 0.0252. The first kappa shape index (κ1) is 14.4. The number of benzene rings is 1. The summed E-state index contributed by atoms with van der Waals surface area (Å²) >= 11 is 5.58. The van der Waals surface area contributed by atoms with E-state index in [9.17, 15) is 13.2 Å². The van der Waals surface area contributed by atoms with Crippen LogP contribution in [0.2, 0.25) is 5.28 Å². The molecule has 0 aliphatic heterocycles. The minimum Gasteiger partial charge on any atom is -0.295 e. The van der Waals surface area contributed by atoms with E-state index in [2.05, 4.69) is 14.7 Å². The molecule has 1 aromatic carbocycles. The molecule has 0 saturated carbocycles. The smallest absolute Gasteiger partial charge is 0.263 e. The normalized spacial score (nSPS) is 11.1. The van der Waals surface area contributed by atoms with Gasteiger partial charge in [0, 0.05) is 11.8 Å². The first-order valence-corrected chi connectivity index (χ1v) is 7.37. The zero-order valence-corrected chi connectivity index (χ0v) is 11.9. The van der Waals surface area contributed by atoms with E-state index < -0.39 is 10.0 Å². The second-order valence-corrected chi connectivity index (χ2v) is 5.92. The van der Waals surface area contributed by atoms with Crippen LogP contribution in [0.4, 0.5) is 5.82 Å². The number of hydrogen-bond donors (Lipinski definition) is 1. The van der Waals surface area contributed by atoms with Crippen molar-refractivity contribution in [2.45, 2.75) is 11.8 Å². The molecule has 2 aromatic rings. The molecule has 0 aliphatic carbocycles. The molecule has 0 aliphatic rings. The fourth-order valence-electron chi connectivity index (χ4n) is 1.46. The predicted molar refractivity (Wildman–Crippen MR) is 74.3 cm³/mol. The summed E-state index contributed by atoms with van der Waals surface area (Å²) in [5, 5.41) is -0.0582. The maximum absolute atomic E-state index is 12.1. The number of halogens is 1. The van der Waals surface area contributed by atoms with Crippen LogP contribution in [0.3, 0.4) is 0 Å². The Morgan fingerprint density at radius 3 is 2.40 bits per heavy atom. The van der Waals surface area contributed by atoms with E-state index in [4.69, 9.17) is 11.6 Å². The van der Waals surface area contributed by atoms with Crippen molar-refractivity contribution in [3.8, 4) is 0 Å². The third kappa shape index (κ3) is 3.31. The molecule has 0 spiro atoms. The van der Waals surface area contributed by atoms with Gasteiger partial charge in [-0.25, -0.2) is 13.4 Å². The van der Waals surface area contributed by atoms with Gasteiger partial charge < -0.3 is 0 Å². The molecule has 0 radical (unpaired) electrons. The molecule has 1 heterocycles. The van der Waals surface area contributed by atoms with Crippen LogP contribution in [-0.2, 0) is 10.0 Å². The standard InChI is InChI=1S/C12H10ClN3O3S/c1-8(17)9-2-4-10(5-3-9)20(18,19)16-11-6-7-14-12(13)15-11/h2-7H,1H3,(H,14,15,16). The third-order valence-electron chi connectivity index (χ3n) is 2.44. The lowest BCUT2D eigenvalue weighted by atomic mass is 10.2. The number of ketones is 1. The van der Waals surface area contributed by atoms with Crippen LogP contribution in [0.15, 0.2) is 41.4 Å². The number of carbonyl (C=O) groups excluding carboxylic acids is 1. The predicted octanol–water partition coefficient (Wildman–Crippen LogP) is 2.13. The molecule has 8 heteroatoms. The number of sulfonamides is 1. The second-order valence-electron chi connectivity index (χ2n) is 3.90. The summed E-state index contributed by atoms with van der Waals surface area (Å²) in [4.78, 5) is 18.6. The Hall–Kier alpha value is -1.99. The Kier molecular flexibility index (Phi) is 4.01. The van der Waals surface area contributed by atoms with Crippen molar-refractivity contribution in [3.63, 3.8) is 0 Å². The number of nitrogens with one attached hydrogen (secondary N) is 1. The number of hydrogen-bond acceptors (Lipinski definition) is 5. The Bertz CT molecular complexity index is 745. The van der Waals surface area contributed by atoms with Gasteiger partial charge in [-0.3, -0.25) is 9.52 Å². The van der Waals surface area contributed by atoms with Crippen LogP contribution in [0.1, 0.15) is 17.3 Å².